The minimum absolute atomic E-state index is 0.00890. The van der Waals surface area contributed by atoms with Gasteiger partial charge in [-0.05, 0) is 44.3 Å². The molecule has 1 atom stereocenters. The Morgan fingerprint density at radius 2 is 2.03 bits per heavy atom. The predicted molar refractivity (Wildman–Crippen MR) is 149 cm³/mol. The average Bonchev–Trinajstić information content (AvgIpc) is 2.86. The summed E-state index contributed by atoms with van der Waals surface area (Å²) in [5.41, 5.74) is 4.31. The lowest BCUT2D eigenvalue weighted by atomic mass is 9.95. The van der Waals surface area contributed by atoms with Gasteiger partial charge in [-0.3, -0.25) is 4.79 Å². The van der Waals surface area contributed by atoms with Crippen LogP contribution in [0.25, 0.3) is 0 Å². The second-order valence-corrected chi connectivity index (χ2v) is 8.96. The van der Waals surface area contributed by atoms with E-state index >= 15 is 0 Å². The van der Waals surface area contributed by atoms with E-state index < -0.39 is 17.9 Å². The van der Waals surface area contributed by atoms with Crippen molar-refractivity contribution < 1.29 is 23.8 Å². The van der Waals surface area contributed by atoms with Crippen molar-refractivity contribution in [3.63, 3.8) is 0 Å². The summed E-state index contributed by atoms with van der Waals surface area (Å²) in [6, 6.07) is 9.40. The summed E-state index contributed by atoms with van der Waals surface area (Å²) < 4.78 is 16.5. The van der Waals surface area contributed by atoms with Gasteiger partial charge in [0.05, 0.1) is 29.5 Å². The molecule has 12 heteroatoms. The van der Waals surface area contributed by atoms with Crippen LogP contribution in [0.15, 0.2) is 52.8 Å². The molecule has 2 aromatic rings. The Hall–Kier alpha value is -3.78. The summed E-state index contributed by atoms with van der Waals surface area (Å²) in [5.74, 6) is 1.97. The predicted octanol–water partition coefficient (Wildman–Crippen LogP) is 3.89. The molecule has 0 fully saturated rings. The summed E-state index contributed by atoms with van der Waals surface area (Å²) in [4.78, 5) is 25.1. The highest BCUT2D eigenvalue weighted by Gasteiger charge is 2.32. The fourth-order valence-corrected chi connectivity index (χ4v) is 4.38. The van der Waals surface area contributed by atoms with Crippen LogP contribution in [0.4, 0.5) is 0 Å². The molecule has 0 unspecified atom stereocenters. The Morgan fingerprint density at radius 1 is 1.26 bits per heavy atom. The number of halogens is 2. The molecule has 0 saturated heterocycles. The van der Waals surface area contributed by atoms with Crippen LogP contribution in [0.3, 0.4) is 0 Å². The largest absolute Gasteiger partial charge is 0.483 e. The van der Waals surface area contributed by atoms with Gasteiger partial charge in [0.1, 0.15) is 18.1 Å². The number of ether oxygens (including phenoxy) is 3. The van der Waals surface area contributed by atoms with Crippen LogP contribution in [0.2, 0.25) is 10.0 Å². The van der Waals surface area contributed by atoms with E-state index in [0.29, 0.717) is 38.3 Å². The maximum Gasteiger partial charge on any atom is 0.338 e. The van der Waals surface area contributed by atoms with Gasteiger partial charge in [0.2, 0.25) is 0 Å². The zero-order valence-corrected chi connectivity index (χ0v) is 22.8. The Labute approximate surface area is 235 Å². The standard InChI is InChI=1S/C26H24Cl2N4O5S/c1-4-10-36-24-16(11-17(27)12-19(24)28)13-29-32-21(33)14-37-20-9-7-6-8-18(20)23-22(25(34)35-5-2)15(3)30-26(38)31-23/h1,6-9,11-13,23H,5,10,14H2,2-3H3,(H,32,33)(H2,30,31,38)/t23-/m0/s1. The van der Waals surface area contributed by atoms with E-state index in [1.165, 1.54) is 12.3 Å². The number of thiocarbonyl (C=S) groups is 1. The molecule has 1 aliphatic heterocycles. The zero-order chi connectivity index (χ0) is 27.7. The number of allylic oxidation sites excluding steroid dienone is 1. The molecule has 38 heavy (non-hydrogen) atoms. The van der Waals surface area contributed by atoms with Gasteiger partial charge in [0, 0.05) is 21.8 Å². The Balaban J connectivity index is 1.73. The first-order valence-corrected chi connectivity index (χ1v) is 12.5. The van der Waals surface area contributed by atoms with E-state index in [0.717, 1.165) is 0 Å². The van der Waals surface area contributed by atoms with Crippen molar-refractivity contribution in [1.29, 1.82) is 0 Å². The first-order valence-electron chi connectivity index (χ1n) is 11.3. The maximum atomic E-state index is 12.7. The molecule has 0 saturated carbocycles. The number of rotatable bonds is 10. The number of benzene rings is 2. The third-order valence-corrected chi connectivity index (χ3v) is 5.80. The number of para-hydroxylation sites is 1. The van der Waals surface area contributed by atoms with Gasteiger partial charge < -0.3 is 24.8 Å². The Kier molecular flexibility index (Phi) is 10.4. The van der Waals surface area contributed by atoms with E-state index in [1.807, 2.05) is 0 Å². The first-order chi connectivity index (χ1) is 18.2. The number of hydrogen-bond donors (Lipinski definition) is 3. The molecule has 3 N–H and O–H groups in total. The van der Waals surface area contributed by atoms with E-state index in [9.17, 15) is 9.59 Å². The summed E-state index contributed by atoms with van der Waals surface area (Å²) >= 11 is 17.5. The van der Waals surface area contributed by atoms with Crippen LogP contribution >= 0.6 is 35.4 Å². The highest BCUT2D eigenvalue weighted by molar-refractivity contribution is 7.80. The van der Waals surface area contributed by atoms with E-state index in [4.69, 9.17) is 56.1 Å². The molecule has 1 aliphatic rings. The molecule has 0 aromatic heterocycles. The molecular weight excluding hydrogens is 551 g/mol. The topological polar surface area (TPSA) is 110 Å². The van der Waals surface area contributed by atoms with Gasteiger partial charge in [-0.15, -0.1) is 6.42 Å². The van der Waals surface area contributed by atoms with Gasteiger partial charge in [0.25, 0.3) is 5.91 Å². The summed E-state index contributed by atoms with van der Waals surface area (Å²) in [7, 11) is 0. The lowest BCUT2D eigenvalue weighted by Gasteiger charge is -2.30. The molecule has 0 spiro atoms. The first kappa shape index (κ1) is 28.8. The monoisotopic (exact) mass is 574 g/mol. The maximum absolute atomic E-state index is 12.7. The number of nitrogens with zero attached hydrogens (tertiary/aromatic N) is 1. The van der Waals surface area contributed by atoms with Crippen molar-refractivity contribution in [2.24, 2.45) is 5.10 Å². The number of amides is 1. The molecule has 198 valence electrons. The van der Waals surface area contributed by atoms with E-state index in [2.05, 4.69) is 27.1 Å². The molecule has 0 aliphatic carbocycles. The quantitative estimate of drug-likeness (QED) is 0.129. The van der Waals surface area contributed by atoms with Crippen LogP contribution < -0.4 is 25.5 Å². The van der Waals surface area contributed by atoms with E-state index in [-0.39, 0.29) is 30.6 Å². The molecule has 2 aromatic carbocycles. The van der Waals surface area contributed by atoms with Crippen molar-refractivity contribution in [2.75, 3.05) is 19.8 Å². The number of carbonyl (C=O) groups excluding carboxylic acids is 2. The molecule has 0 radical (unpaired) electrons. The number of esters is 1. The molecule has 0 bridgehead atoms. The fourth-order valence-electron chi connectivity index (χ4n) is 3.55. The second kappa shape index (κ2) is 13.7. The third-order valence-electron chi connectivity index (χ3n) is 5.08. The van der Waals surface area contributed by atoms with Gasteiger partial charge in [-0.1, -0.05) is 47.3 Å². The smallest absolute Gasteiger partial charge is 0.338 e. The summed E-state index contributed by atoms with van der Waals surface area (Å²) in [5, 5.41) is 10.9. The fraction of sp³-hybridized carbons (Fsp3) is 0.231. The van der Waals surface area contributed by atoms with Crippen molar-refractivity contribution in [1.82, 2.24) is 16.1 Å². The lowest BCUT2D eigenvalue weighted by Crippen LogP contribution is -2.45. The highest BCUT2D eigenvalue weighted by Crippen LogP contribution is 2.34. The van der Waals surface area contributed by atoms with Gasteiger partial charge in [-0.2, -0.15) is 5.10 Å². The highest BCUT2D eigenvalue weighted by atomic mass is 35.5. The lowest BCUT2D eigenvalue weighted by molar-refractivity contribution is -0.139. The SMILES string of the molecule is C#CCOc1c(Cl)cc(Cl)cc1C=NNC(=O)COc1ccccc1[C@@H]1NC(=S)NC(C)=C1C(=O)OCC. The third kappa shape index (κ3) is 7.38. The molecular formula is C26H24Cl2N4O5S. The van der Waals surface area contributed by atoms with Crippen LogP contribution in [0, 0.1) is 12.3 Å². The second-order valence-electron chi connectivity index (χ2n) is 7.71. The van der Waals surface area contributed by atoms with Crippen molar-refractivity contribution in [3.8, 4) is 23.8 Å². The van der Waals surface area contributed by atoms with Crippen LogP contribution in [0.5, 0.6) is 11.5 Å². The van der Waals surface area contributed by atoms with Gasteiger partial charge in [0.15, 0.2) is 11.7 Å². The Morgan fingerprint density at radius 3 is 2.76 bits per heavy atom. The molecule has 3 rings (SSSR count). The minimum atomic E-state index is -0.644. The zero-order valence-electron chi connectivity index (χ0n) is 20.5. The number of carbonyl (C=O) groups is 2. The van der Waals surface area contributed by atoms with Crippen molar-refractivity contribution >= 4 is 58.6 Å². The number of hydrogen-bond acceptors (Lipinski definition) is 7. The number of terminal acetylenes is 1. The average molecular weight is 575 g/mol. The van der Waals surface area contributed by atoms with Gasteiger partial charge in [-0.25, -0.2) is 10.2 Å². The van der Waals surface area contributed by atoms with E-state index in [1.54, 1.807) is 44.2 Å². The van der Waals surface area contributed by atoms with Crippen LogP contribution in [-0.4, -0.2) is 43.0 Å². The van der Waals surface area contributed by atoms with Gasteiger partial charge >= 0.3 is 5.97 Å². The van der Waals surface area contributed by atoms with Crippen LogP contribution in [-0.2, 0) is 14.3 Å². The van der Waals surface area contributed by atoms with Crippen molar-refractivity contribution in [2.45, 2.75) is 19.9 Å². The molecule has 1 heterocycles. The number of nitrogens with one attached hydrogen (secondary N) is 3. The van der Waals surface area contributed by atoms with Crippen molar-refractivity contribution in [3.05, 3.63) is 68.8 Å². The normalized spacial score (nSPS) is 14.8. The molecule has 9 nitrogen and oxygen atoms in total. The Bertz CT molecular complexity index is 1340. The minimum Gasteiger partial charge on any atom is -0.483 e. The summed E-state index contributed by atoms with van der Waals surface area (Å²) in [6.45, 7) is 3.30. The summed E-state index contributed by atoms with van der Waals surface area (Å²) in [6.07, 6.45) is 6.58. The number of hydrazone groups is 1. The van der Waals surface area contributed by atoms with Crippen LogP contribution in [0.1, 0.15) is 31.0 Å². The molecule has 1 amide bonds.